The lowest BCUT2D eigenvalue weighted by Gasteiger charge is -2.15. The van der Waals surface area contributed by atoms with Crippen LogP contribution >= 0.6 is 11.3 Å². The molecule has 0 saturated heterocycles. The molecule has 4 nitrogen and oxygen atoms in total. The Morgan fingerprint density at radius 1 is 1.24 bits per heavy atom. The standard InChI is InChI=1S/C16H22N2O2S/c1-5-19-14-8-6-7-13(9-17-4)16(14)20-10-15-18-11(2)12(3)21-15/h6-8,17H,5,9-10H2,1-4H3. The Morgan fingerprint density at radius 2 is 2.05 bits per heavy atom. The molecule has 0 radical (unpaired) electrons. The molecule has 5 heteroatoms. The predicted octanol–water partition coefficient (Wildman–Crippen LogP) is 3.46. The number of thiazole rings is 1. The monoisotopic (exact) mass is 306 g/mol. The second-order valence-corrected chi connectivity index (χ2v) is 6.03. The van der Waals surface area contributed by atoms with Crippen LogP contribution in [0, 0.1) is 13.8 Å². The molecule has 1 heterocycles. The molecule has 0 bridgehead atoms. The van der Waals surface area contributed by atoms with Gasteiger partial charge in [-0.3, -0.25) is 0 Å². The minimum absolute atomic E-state index is 0.472. The van der Waals surface area contributed by atoms with Gasteiger partial charge < -0.3 is 14.8 Å². The lowest BCUT2D eigenvalue weighted by Crippen LogP contribution is -2.09. The molecule has 0 saturated carbocycles. The van der Waals surface area contributed by atoms with Gasteiger partial charge in [0.1, 0.15) is 11.6 Å². The van der Waals surface area contributed by atoms with E-state index in [0.717, 1.165) is 34.3 Å². The molecule has 0 aliphatic carbocycles. The third-order valence-electron chi connectivity index (χ3n) is 3.14. The number of rotatable bonds is 7. The van der Waals surface area contributed by atoms with Gasteiger partial charge in [0.2, 0.25) is 0 Å². The zero-order valence-corrected chi connectivity index (χ0v) is 13.8. The van der Waals surface area contributed by atoms with Gasteiger partial charge in [-0.15, -0.1) is 11.3 Å². The Labute approximate surface area is 130 Å². The van der Waals surface area contributed by atoms with E-state index in [2.05, 4.69) is 17.2 Å². The number of hydrogen-bond acceptors (Lipinski definition) is 5. The summed E-state index contributed by atoms with van der Waals surface area (Å²) in [7, 11) is 1.92. The molecule has 0 aliphatic heterocycles. The van der Waals surface area contributed by atoms with Crippen LogP contribution < -0.4 is 14.8 Å². The quantitative estimate of drug-likeness (QED) is 0.851. The summed E-state index contributed by atoms with van der Waals surface area (Å²) in [4.78, 5) is 5.75. The Morgan fingerprint density at radius 3 is 2.67 bits per heavy atom. The molecule has 1 N–H and O–H groups in total. The molecule has 1 aromatic heterocycles. The van der Waals surface area contributed by atoms with Crippen LogP contribution in [-0.4, -0.2) is 18.6 Å². The second-order valence-electron chi connectivity index (χ2n) is 4.75. The van der Waals surface area contributed by atoms with Crippen LogP contribution in [0.1, 0.15) is 28.1 Å². The van der Waals surface area contributed by atoms with Crippen molar-refractivity contribution in [1.29, 1.82) is 0 Å². The molecule has 0 atom stereocenters. The first-order chi connectivity index (χ1) is 10.2. The van der Waals surface area contributed by atoms with E-state index in [9.17, 15) is 0 Å². The molecule has 0 unspecified atom stereocenters. The summed E-state index contributed by atoms with van der Waals surface area (Å²) >= 11 is 1.68. The molecule has 2 rings (SSSR count). The van der Waals surface area contributed by atoms with Crippen molar-refractivity contribution in [3.05, 3.63) is 39.3 Å². The van der Waals surface area contributed by atoms with E-state index in [-0.39, 0.29) is 0 Å². The summed E-state index contributed by atoms with van der Waals surface area (Å²) in [5.41, 5.74) is 2.17. The van der Waals surface area contributed by atoms with Crippen molar-refractivity contribution in [3.8, 4) is 11.5 Å². The van der Waals surface area contributed by atoms with Gasteiger partial charge in [-0.25, -0.2) is 4.98 Å². The molecule has 0 aliphatic rings. The SMILES string of the molecule is CCOc1cccc(CNC)c1OCc1nc(C)c(C)s1. The molecule has 1 aromatic carbocycles. The normalized spacial score (nSPS) is 10.7. The molecule has 0 amide bonds. The maximum atomic E-state index is 6.01. The van der Waals surface area contributed by atoms with Gasteiger partial charge >= 0.3 is 0 Å². The highest BCUT2D eigenvalue weighted by Crippen LogP contribution is 2.32. The summed E-state index contributed by atoms with van der Waals surface area (Å²) in [6.07, 6.45) is 0. The number of para-hydroxylation sites is 1. The zero-order valence-electron chi connectivity index (χ0n) is 13.0. The largest absolute Gasteiger partial charge is 0.490 e. The lowest BCUT2D eigenvalue weighted by atomic mass is 10.2. The van der Waals surface area contributed by atoms with Crippen LogP contribution in [-0.2, 0) is 13.2 Å². The Kier molecular flexibility index (Phi) is 5.59. The van der Waals surface area contributed by atoms with E-state index >= 15 is 0 Å². The number of nitrogens with zero attached hydrogens (tertiary/aromatic N) is 1. The van der Waals surface area contributed by atoms with E-state index in [1.165, 1.54) is 4.88 Å². The number of hydrogen-bond donors (Lipinski definition) is 1. The average molecular weight is 306 g/mol. The van der Waals surface area contributed by atoms with Gasteiger partial charge in [-0.05, 0) is 33.9 Å². The van der Waals surface area contributed by atoms with Gasteiger partial charge in [-0.1, -0.05) is 12.1 Å². The third kappa shape index (κ3) is 3.95. The van der Waals surface area contributed by atoms with Crippen molar-refractivity contribution in [2.24, 2.45) is 0 Å². The van der Waals surface area contributed by atoms with Crippen molar-refractivity contribution in [3.63, 3.8) is 0 Å². The Balaban J connectivity index is 2.19. The number of nitrogens with one attached hydrogen (secondary N) is 1. The first-order valence-electron chi connectivity index (χ1n) is 7.10. The molecule has 0 spiro atoms. The van der Waals surface area contributed by atoms with Crippen molar-refractivity contribution >= 4 is 11.3 Å². The first kappa shape index (κ1) is 15.8. The van der Waals surface area contributed by atoms with Crippen molar-refractivity contribution < 1.29 is 9.47 Å². The fourth-order valence-corrected chi connectivity index (χ4v) is 2.91. The number of aryl methyl sites for hydroxylation is 2. The third-order valence-corrected chi connectivity index (χ3v) is 4.19. The summed E-state index contributed by atoms with van der Waals surface area (Å²) < 4.78 is 11.7. The van der Waals surface area contributed by atoms with Gasteiger partial charge in [0.05, 0.1) is 12.3 Å². The molecular formula is C16H22N2O2S. The number of ether oxygens (including phenoxy) is 2. The minimum atomic E-state index is 0.472. The number of aromatic nitrogens is 1. The molecule has 21 heavy (non-hydrogen) atoms. The van der Waals surface area contributed by atoms with Crippen molar-refractivity contribution in [1.82, 2.24) is 10.3 Å². The van der Waals surface area contributed by atoms with Crippen LogP contribution in [0.3, 0.4) is 0 Å². The first-order valence-corrected chi connectivity index (χ1v) is 7.92. The summed E-state index contributed by atoms with van der Waals surface area (Å²) in [6.45, 7) is 7.91. The molecule has 114 valence electrons. The van der Waals surface area contributed by atoms with Crippen molar-refractivity contribution in [2.75, 3.05) is 13.7 Å². The highest BCUT2D eigenvalue weighted by molar-refractivity contribution is 7.11. The fourth-order valence-electron chi connectivity index (χ4n) is 2.06. The predicted molar refractivity (Wildman–Crippen MR) is 86.3 cm³/mol. The van der Waals surface area contributed by atoms with Crippen LogP contribution in [0.2, 0.25) is 0 Å². The van der Waals surface area contributed by atoms with Crippen LogP contribution in [0.25, 0.3) is 0 Å². The molecule has 0 fully saturated rings. The van der Waals surface area contributed by atoms with E-state index in [1.807, 2.05) is 39.1 Å². The van der Waals surface area contributed by atoms with E-state index in [0.29, 0.717) is 13.2 Å². The average Bonchev–Trinajstić information content (AvgIpc) is 2.78. The van der Waals surface area contributed by atoms with Gasteiger partial charge in [-0.2, -0.15) is 0 Å². The fraction of sp³-hybridized carbons (Fsp3) is 0.438. The minimum Gasteiger partial charge on any atom is -0.490 e. The Bertz CT molecular complexity index is 552. The zero-order chi connectivity index (χ0) is 15.2. The maximum Gasteiger partial charge on any atom is 0.166 e. The van der Waals surface area contributed by atoms with Gasteiger partial charge in [0.25, 0.3) is 0 Å². The Hall–Kier alpha value is -1.59. The van der Waals surface area contributed by atoms with E-state index < -0.39 is 0 Å². The van der Waals surface area contributed by atoms with Gasteiger partial charge in [0, 0.05) is 17.0 Å². The topological polar surface area (TPSA) is 43.4 Å². The summed E-state index contributed by atoms with van der Waals surface area (Å²) in [6, 6.07) is 5.98. The van der Waals surface area contributed by atoms with Gasteiger partial charge in [0.15, 0.2) is 11.5 Å². The second kappa shape index (κ2) is 7.43. The van der Waals surface area contributed by atoms with Crippen LogP contribution in [0.4, 0.5) is 0 Å². The van der Waals surface area contributed by atoms with Crippen LogP contribution in [0.15, 0.2) is 18.2 Å². The van der Waals surface area contributed by atoms with Crippen molar-refractivity contribution in [2.45, 2.75) is 33.9 Å². The summed E-state index contributed by atoms with van der Waals surface area (Å²) in [5.74, 6) is 1.59. The van der Waals surface area contributed by atoms with E-state index in [4.69, 9.17) is 9.47 Å². The maximum absolute atomic E-state index is 6.01. The highest BCUT2D eigenvalue weighted by atomic mass is 32.1. The van der Waals surface area contributed by atoms with E-state index in [1.54, 1.807) is 11.3 Å². The number of benzene rings is 1. The highest BCUT2D eigenvalue weighted by Gasteiger charge is 2.12. The van der Waals surface area contributed by atoms with Crippen LogP contribution in [0.5, 0.6) is 11.5 Å². The molecule has 2 aromatic rings. The smallest absolute Gasteiger partial charge is 0.166 e. The molecular weight excluding hydrogens is 284 g/mol. The lowest BCUT2D eigenvalue weighted by molar-refractivity contribution is 0.266. The summed E-state index contributed by atoms with van der Waals surface area (Å²) in [5, 5.41) is 4.15.